The first-order valence-electron chi connectivity index (χ1n) is 5.57. The molecule has 0 spiro atoms. The lowest BCUT2D eigenvalue weighted by atomic mass is 10.0. The number of hydrogen-bond donors (Lipinski definition) is 0. The zero-order valence-electron chi connectivity index (χ0n) is 10.2. The number of rotatable bonds is 4. The van der Waals surface area contributed by atoms with Crippen molar-refractivity contribution in [2.24, 2.45) is 0 Å². The van der Waals surface area contributed by atoms with Crippen LogP contribution in [0.2, 0.25) is 5.02 Å². The van der Waals surface area contributed by atoms with Crippen molar-refractivity contribution in [3.63, 3.8) is 0 Å². The van der Waals surface area contributed by atoms with Crippen LogP contribution in [0, 0.1) is 5.82 Å². The largest absolute Gasteiger partial charge is 0.497 e. The van der Waals surface area contributed by atoms with Gasteiger partial charge < -0.3 is 4.74 Å². The van der Waals surface area contributed by atoms with Crippen molar-refractivity contribution in [1.82, 2.24) is 4.98 Å². The van der Waals surface area contributed by atoms with Crippen molar-refractivity contribution < 1.29 is 13.9 Å². The lowest BCUT2D eigenvalue weighted by Crippen LogP contribution is -2.07. The van der Waals surface area contributed by atoms with Crippen molar-refractivity contribution in [2.75, 3.05) is 7.11 Å². The Morgan fingerprint density at radius 3 is 2.84 bits per heavy atom. The predicted octanol–water partition coefficient (Wildman–Crippen LogP) is 3.31. The first kappa shape index (κ1) is 13.5. The zero-order chi connectivity index (χ0) is 13.8. The van der Waals surface area contributed by atoms with E-state index < -0.39 is 5.82 Å². The maximum absolute atomic E-state index is 13.7. The second-order valence-corrected chi connectivity index (χ2v) is 4.32. The summed E-state index contributed by atoms with van der Waals surface area (Å²) >= 11 is 5.91. The molecule has 0 saturated carbocycles. The van der Waals surface area contributed by atoms with Crippen LogP contribution < -0.4 is 4.74 Å². The number of methoxy groups -OCH3 is 1. The number of hydrogen-bond acceptors (Lipinski definition) is 3. The lowest BCUT2D eigenvalue weighted by molar-refractivity contribution is 0.0989. The molecule has 1 aromatic carbocycles. The average molecular weight is 280 g/mol. The quantitative estimate of drug-likeness (QED) is 0.806. The SMILES string of the molecule is COc1ccc(C(=O)Cc2ccncc2Cl)c(F)c1. The van der Waals surface area contributed by atoms with E-state index in [1.165, 1.54) is 25.4 Å². The maximum atomic E-state index is 13.7. The monoisotopic (exact) mass is 279 g/mol. The molecular weight excluding hydrogens is 269 g/mol. The van der Waals surface area contributed by atoms with Gasteiger partial charge in [0.2, 0.25) is 0 Å². The summed E-state index contributed by atoms with van der Waals surface area (Å²) in [6.07, 6.45) is 3.03. The van der Waals surface area contributed by atoms with Crippen LogP contribution >= 0.6 is 11.6 Å². The van der Waals surface area contributed by atoms with Crippen LogP contribution in [0.3, 0.4) is 0 Å². The molecule has 3 nitrogen and oxygen atoms in total. The summed E-state index contributed by atoms with van der Waals surface area (Å²) in [4.78, 5) is 15.9. The van der Waals surface area contributed by atoms with E-state index in [4.69, 9.17) is 16.3 Å². The number of nitrogens with zero attached hydrogens (tertiary/aromatic N) is 1. The molecule has 0 aliphatic carbocycles. The second-order valence-electron chi connectivity index (χ2n) is 3.91. The summed E-state index contributed by atoms with van der Waals surface area (Å²) in [6, 6.07) is 5.78. The fraction of sp³-hybridized carbons (Fsp3) is 0.143. The molecule has 0 aliphatic rings. The van der Waals surface area contributed by atoms with E-state index in [-0.39, 0.29) is 17.8 Å². The molecule has 1 aromatic heterocycles. The molecule has 0 atom stereocenters. The predicted molar refractivity (Wildman–Crippen MR) is 70.2 cm³/mol. The van der Waals surface area contributed by atoms with Crippen LogP contribution in [0.25, 0.3) is 0 Å². The van der Waals surface area contributed by atoms with E-state index in [0.717, 1.165) is 0 Å². The first-order valence-corrected chi connectivity index (χ1v) is 5.94. The number of ketones is 1. The molecule has 0 amide bonds. The fourth-order valence-electron chi connectivity index (χ4n) is 1.66. The number of carbonyl (C=O) groups excluding carboxylic acids is 1. The fourth-order valence-corrected chi connectivity index (χ4v) is 1.85. The van der Waals surface area contributed by atoms with Gasteiger partial charge in [-0.1, -0.05) is 11.6 Å². The van der Waals surface area contributed by atoms with Crippen LogP contribution in [0.1, 0.15) is 15.9 Å². The topological polar surface area (TPSA) is 39.2 Å². The number of pyridine rings is 1. The minimum Gasteiger partial charge on any atom is -0.497 e. The molecule has 0 radical (unpaired) electrons. The summed E-state index contributed by atoms with van der Waals surface area (Å²) < 4.78 is 18.6. The number of ether oxygens (including phenoxy) is 1. The van der Waals surface area contributed by atoms with Gasteiger partial charge in [-0.05, 0) is 23.8 Å². The van der Waals surface area contributed by atoms with Gasteiger partial charge in [0.15, 0.2) is 5.78 Å². The molecule has 0 unspecified atom stereocenters. The molecule has 0 bridgehead atoms. The second kappa shape index (κ2) is 5.80. The summed E-state index contributed by atoms with van der Waals surface area (Å²) in [5, 5.41) is 0.393. The molecule has 5 heteroatoms. The summed E-state index contributed by atoms with van der Waals surface area (Å²) in [7, 11) is 1.44. The smallest absolute Gasteiger partial charge is 0.170 e. The van der Waals surface area contributed by atoms with Crippen LogP contribution in [-0.2, 0) is 6.42 Å². The summed E-state index contributed by atoms with van der Waals surface area (Å²) in [6.45, 7) is 0. The van der Waals surface area contributed by atoms with Gasteiger partial charge in [0.05, 0.1) is 17.7 Å². The van der Waals surface area contributed by atoms with Gasteiger partial charge in [0.25, 0.3) is 0 Å². The minimum atomic E-state index is -0.602. The van der Waals surface area contributed by atoms with E-state index in [9.17, 15) is 9.18 Å². The molecule has 0 saturated heterocycles. The van der Waals surface area contributed by atoms with Crippen LogP contribution in [0.5, 0.6) is 5.75 Å². The Bertz CT molecular complexity index is 616. The molecule has 98 valence electrons. The van der Waals surface area contributed by atoms with Crippen molar-refractivity contribution in [3.8, 4) is 5.75 Å². The molecule has 0 fully saturated rings. The highest BCUT2D eigenvalue weighted by Crippen LogP contribution is 2.20. The average Bonchev–Trinajstić information content (AvgIpc) is 2.41. The highest BCUT2D eigenvalue weighted by Gasteiger charge is 2.14. The Kier molecular flexibility index (Phi) is 4.12. The normalized spacial score (nSPS) is 10.3. The van der Waals surface area contributed by atoms with Gasteiger partial charge in [-0.2, -0.15) is 0 Å². The highest BCUT2D eigenvalue weighted by atomic mass is 35.5. The standard InChI is InChI=1S/C14H11ClFNO2/c1-19-10-2-3-11(13(16)7-10)14(18)6-9-4-5-17-8-12(9)15/h2-5,7-8H,6H2,1H3. The van der Waals surface area contributed by atoms with E-state index in [1.54, 1.807) is 18.3 Å². The third-order valence-corrected chi connectivity index (χ3v) is 3.02. The molecule has 19 heavy (non-hydrogen) atoms. The van der Waals surface area contributed by atoms with Crippen molar-refractivity contribution in [3.05, 3.63) is 58.6 Å². The number of Topliss-reactive ketones (excluding diaryl/α,β-unsaturated/α-hetero) is 1. The Morgan fingerprint density at radius 2 is 2.21 bits per heavy atom. The molecule has 1 heterocycles. The van der Waals surface area contributed by atoms with E-state index in [0.29, 0.717) is 16.3 Å². The van der Waals surface area contributed by atoms with Gasteiger partial charge in [-0.15, -0.1) is 0 Å². The Morgan fingerprint density at radius 1 is 1.42 bits per heavy atom. The number of carbonyl (C=O) groups is 1. The highest BCUT2D eigenvalue weighted by molar-refractivity contribution is 6.31. The van der Waals surface area contributed by atoms with Crippen LogP contribution in [0.4, 0.5) is 4.39 Å². The number of halogens is 2. The molecule has 0 N–H and O–H groups in total. The molecular formula is C14H11ClFNO2. The Labute approximate surface area is 115 Å². The molecule has 0 aliphatic heterocycles. The zero-order valence-corrected chi connectivity index (χ0v) is 10.9. The lowest BCUT2D eigenvalue weighted by Gasteiger charge is -2.06. The van der Waals surface area contributed by atoms with Gasteiger partial charge in [-0.3, -0.25) is 9.78 Å². The van der Waals surface area contributed by atoms with Gasteiger partial charge in [0, 0.05) is 24.9 Å². The van der Waals surface area contributed by atoms with E-state index in [1.807, 2.05) is 0 Å². The van der Waals surface area contributed by atoms with Crippen molar-refractivity contribution in [2.45, 2.75) is 6.42 Å². The van der Waals surface area contributed by atoms with E-state index in [2.05, 4.69) is 4.98 Å². The Balaban J connectivity index is 2.23. The third-order valence-electron chi connectivity index (χ3n) is 2.68. The molecule has 2 rings (SSSR count). The number of aromatic nitrogens is 1. The Hall–Kier alpha value is -1.94. The van der Waals surface area contributed by atoms with Crippen LogP contribution in [-0.4, -0.2) is 17.9 Å². The van der Waals surface area contributed by atoms with Gasteiger partial charge >= 0.3 is 0 Å². The molecule has 2 aromatic rings. The van der Waals surface area contributed by atoms with Crippen LogP contribution in [0.15, 0.2) is 36.7 Å². The summed E-state index contributed by atoms with van der Waals surface area (Å²) in [5.41, 5.74) is 0.644. The van der Waals surface area contributed by atoms with E-state index >= 15 is 0 Å². The summed E-state index contributed by atoms with van der Waals surface area (Å²) in [5.74, 6) is -0.571. The van der Waals surface area contributed by atoms with Crippen molar-refractivity contribution in [1.29, 1.82) is 0 Å². The first-order chi connectivity index (χ1) is 9.11. The van der Waals surface area contributed by atoms with Gasteiger partial charge in [0.1, 0.15) is 11.6 Å². The maximum Gasteiger partial charge on any atom is 0.170 e. The third kappa shape index (κ3) is 3.09. The van der Waals surface area contributed by atoms with Gasteiger partial charge in [-0.25, -0.2) is 4.39 Å². The van der Waals surface area contributed by atoms with Crippen molar-refractivity contribution >= 4 is 17.4 Å². The minimum absolute atomic E-state index is 0.0219. The number of benzene rings is 1.